The number of hydrogen-bond donors (Lipinski definition) is 1. The van der Waals surface area contributed by atoms with E-state index in [4.69, 9.17) is 5.26 Å². The Morgan fingerprint density at radius 1 is 1.39 bits per heavy atom. The summed E-state index contributed by atoms with van der Waals surface area (Å²) < 4.78 is 0. The van der Waals surface area contributed by atoms with Crippen LogP contribution in [-0.4, -0.2) is 36.1 Å². The molecular formula is C13H19N5. The van der Waals surface area contributed by atoms with Crippen LogP contribution in [-0.2, 0) is 0 Å². The SMILES string of the molecule is Cc1cc(C#N)nc(N(C)C2CCCNCC2)n1. The predicted molar refractivity (Wildman–Crippen MR) is 70.4 cm³/mol. The van der Waals surface area contributed by atoms with Gasteiger partial charge in [-0.2, -0.15) is 5.26 Å². The second-order valence-electron chi connectivity index (χ2n) is 4.75. The molecule has 1 aliphatic rings. The van der Waals surface area contributed by atoms with E-state index < -0.39 is 0 Å². The molecule has 5 heteroatoms. The summed E-state index contributed by atoms with van der Waals surface area (Å²) in [4.78, 5) is 10.8. The first-order valence-electron chi connectivity index (χ1n) is 6.40. The van der Waals surface area contributed by atoms with E-state index in [9.17, 15) is 0 Å². The van der Waals surface area contributed by atoms with Gasteiger partial charge in [-0.15, -0.1) is 0 Å². The van der Waals surface area contributed by atoms with Gasteiger partial charge in [-0.3, -0.25) is 0 Å². The van der Waals surface area contributed by atoms with Crippen molar-refractivity contribution in [3.8, 4) is 6.07 Å². The highest BCUT2D eigenvalue weighted by atomic mass is 15.3. The van der Waals surface area contributed by atoms with Crippen LogP contribution in [0.25, 0.3) is 0 Å². The zero-order valence-corrected chi connectivity index (χ0v) is 11.0. The van der Waals surface area contributed by atoms with Crippen LogP contribution in [0.15, 0.2) is 6.07 Å². The zero-order valence-electron chi connectivity index (χ0n) is 11.0. The lowest BCUT2D eigenvalue weighted by Crippen LogP contribution is -2.34. The van der Waals surface area contributed by atoms with Crippen LogP contribution in [0.3, 0.4) is 0 Å². The number of hydrogen-bond acceptors (Lipinski definition) is 5. The molecule has 2 heterocycles. The molecule has 0 aliphatic carbocycles. The van der Waals surface area contributed by atoms with E-state index in [0.717, 1.165) is 31.6 Å². The Balaban J connectivity index is 2.19. The summed E-state index contributed by atoms with van der Waals surface area (Å²) in [6.45, 7) is 4.02. The molecule has 2 rings (SSSR count). The molecule has 0 bridgehead atoms. The third-order valence-electron chi connectivity index (χ3n) is 3.37. The van der Waals surface area contributed by atoms with Gasteiger partial charge in [0.25, 0.3) is 0 Å². The minimum absolute atomic E-state index is 0.441. The maximum absolute atomic E-state index is 8.95. The molecule has 0 aromatic carbocycles. The second-order valence-corrected chi connectivity index (χ2v) is 4.75. The Bertz CT molecular complexity index is 443. The van der Waals surface area contributed by atoms with E-state index in [-0.39, 0.29) is 0 Å². The van der Waals surface area contributed by atoms with E-state index in [1.165, 1.54) is 6.42 Å². The van der Waals surface area contributed by atoms with Crippen molar-refractivity contribution in [3.63, 3.8) is 0 Å². The van der Waals surface area contributed by atoms with Crippen molar-refractivity contribution in [2.45, 2.75) is 32.2 Å². The predicted octanol–water partition coefficient (Wildman–Crippen LogP) is 1.24. The molecular weight excluding hydrogens is 226 g/mol. The first kappa shape index (κ1) is 12.8. The van der Waals surface area contributed by atoms with Crippen molar-refractivity contribution in [2.24, 2.45) is 0 Å². The van der Waals surface area contributed by atoms with E-state index >= 15 is 0 Å². The van der Waals surface area contributed by atoms with Gasteiger partial charge >= 0.3 is 0 Å². The maximum atomic E-state index is 8.95. The van der Waals surface area contributed by atoms with Crippen LogP contribution in [0.5, 0.6) is 0 Å². The summed E-state index contributed by atoms with van der Waals surface area (Å²) in [6.07, 6.45) is 3.41. The molecule has 5 nitrogen and oxygen atoms in total. The lowest BCUT2D eigenvalue weighted by atomic mass is 10.1. The first-order chi connectivity index (χ1) is 8.70. The van der Waals surface area contributed by atoms with Crippen molar-refractivity contribution in [1.82, 2.24) is 15.3 Å². The summed E-state index contributed by atoms with van der Waals surface area (Å²) in [5.41, 5.74) is 1.28. The average molecular weight is 245 g/mol. The fourth-order valence-electron chi connectivity index (χ4n) is 2.32. The van der Waals surface area contributed by atoms with Gasteiger partial charge in [0.05, 0.1) is 0 Å². The fourth-order valence-corrected chi connectivity index (χ4v) is 2.32. The lowest BCUT2D eigenvalue weighted by molar-refractivity contribution is 0.557. The smallest absolute Gasteiger partial charge is 0.226 e. The van der Waals surface area contributed by atoms with Gasteiger partial charge in [0, 0.05) is 18.8 Å². The number of nitriles is 1. The van der Waals surface area contributed by atoms with E-state index in [0.29, 0.717) is 17.7 Å². The molecule has 1 atom stereocenters. The van der Waals surface area contributed by atoms with Crippen molar-refractivity contribution < 1.29 is 0 Å². The standard InChI is InChI=1S/C13H19N5/c1-10-8-11(9-14)17-13(16-10)18(2)12-4-3-6-15-7-5-12/h8,12,15H,3-7H2,1-2H3. The summed E-state index contributed by atoms with van der Waals surface area (Å²) in [5, 5.41) is 12.4. The van der Waals surface area contributed by atoms with E-state index in [1.807, 2.05) is 14.0 Å². The number of rotatable bonds is 2. The Morgan fingerprint density at radius 2 is 2.22 bits per heavy atom. The monoisotopic (exact) mass is 245 g/mol. The summed E-state index contributed by atoms with van der Waals surface area (Å²) in [7, 11) is 2.02. The quantitative estimate of drug-likeness (QED) is 0.849. The van der Waals surface area contributed by atoms with Crippen LogP contribution in [0.4, 0.5) is 5.95 Å². The molecule has 1 aliphatic heterocycles. The molecule has 1 fully saturated rings. The highest BCUT2D eigenvalue weighted by molar-refractivity contribution is 5.36. The van der Waals surface area contributed by atoms with Crippen LogP contribution >= 0.6 is 0 Å². The Labute approximate surface area is 108 Å². The van der Waals surface area contributed by atoms with Gasteiger partial charge in [-0.05, 0) is 45.3 Å². The van der Waals surface area contributed by atoms with Crippen molar-refractivity contribution in [3.05, 3.63) is 17.5 Å². The number of anilines is 1. The topological polar surface area (TPSA) is 64.8 Å². The number of aryl methyl sites for hydroxylation is 1. The number of nitrogens with one attached hydrogen (secondary N) is 1. The van der Waals surface area contributed by atoms with Crippen LogP contribution < -0.4 is 10.2 Å². The normalized spacial score (nSPS) is 19.9. The molecule has 1 unspecified atom stereocenters. The molecule has 1 aromatic rings. The average Bonchev–Trinajstić information content (AvgIpc) is 2.65. The highest BCUT2D eigenvalue weighted by Crippen LogP contribution is 2.17. The maximum Gasteiger partial charge on any atom is 0.226 e. The van der Waals surface area contributed by atoms with E-state index in [2.05, 4.69) is 26.3 Å². The minimum Gasteiger partial charge on any atom is -0.341 e. The van der Waals surface area contributed by atoms with Crippen LogP contribution in [0.1, 0.15) is 30.7 Å². The molecule has 1 saturated heterocycles. The molecule has 0 spiro atoms. The summed E-state index contributed by atoms with van der Waals surface area (Å²) in [6, 6.07) is 4.25. The van der Waals surface area contributed by atoms with Gasteiger partial charge in [-0.1, -0.05) is 0 Å². The van der Waals surface area contributed by atoms with Crippen molar-refractivity contribution >= 4 is 5.95 Å². The molecule has 18 heavy (non-hydrogen) atoms. The Kier molecular flexibility index (Phi) is 4.11. The van der Waals surface area contributed by atoms with Gasteiger partial charge in [-0.25, -0.2) is 9.97 Å². The van der Waals surface area contributed by atoms with Crippen molar-refractivity contribution in [2.75, 3.05) is 25.0 Å². The third kappa shape index (κ3) is 2.96. The first-order valence-corrected chi connectivity index (χ1v) is 6.40. The summed E-state index contributed by atoms with van der Waals surface area (Å²) >= 11 is 0. The second kappa shape index (κ2) is 5.78. The largest absolute Gasteiger partial charge is 0.341 e. The molecule has 0 radical (unpaired) electrons. The van der Waals surface area contributed by atoms with Crippen LogP contribution in [0.2, 0.25) is 0 Å². The van der Waals surface area contributed by atoms with Gasteiger partial charge in [0.1, 0.15) is 11.8 Å². The van der Waals surface area contributed by atoms with Gasteiger partial charge in [0.15, 0.2) is 0 Å². The zero-order chi connectivity index (χ0) is 13.0. The van der Waals surface area contributed by atoms with Gasteiger partial charge < -0.3 is 10.2 Å². The summed E-state index contributed by atoms with van der Waals surface area (Å²) in [5.74, 6) is 0.665. The van der Waals surface area contributed by atoms with E-state index in [1.54, 1.807) is 6.07 Å². The third-order valence-corrected chi connectivity index (χ3v) is 3.37. The van der Waals surface area contributed by atoms with Gasteiger partial charge in [0.2, 0.25) is 5.95 Å². The van der Waals surface area contributed by atoms with Crippen molar-refractivity contribution in [1.29, 1.82) is 5.26 Å². The van der Waals surface area contributed by atoms with Crippen LogP contribution in [0, 0.1) is 18.3 Å². The fraction of sp³-hybridized carbons (Fsp3) is 0.615. The molecule has 1 N–H and O–H groups in total. The Hall–Kier alpha value is -1.67. The molecule has 0 saturated carbocycles. The highest BCUT2D eigenvalue weighted by Gasteiger charge is 2.19. The molecule has 1 aromatic heterocycles. The number of aromatic nitrogens is 2. The Morgan fingerprint density at radius 3 is 3.00 bits per heavy atom. The minimum atomic E-state index is 0.441. The number of nitrogens with zero attached hydrogens (tertiary/aromatic N) is 4. The molecule has 96 valence electrons. The lowest BCUT2D eigenvalue weighted by Gasteiger charge is -2.27. The molecule has 0 amide bonds.